The molecule has 2 aliphatic heterocycles. The topological polar surface area (TPSA) is 107 Å². The molecule has 10 heteroatoms. The van der Waals surface area contributed by atoms with Crippen LogP contribution in [-0.4, -0.2) is 73.6 Å². The first-order valence-corrected chi connectivity index (χ1v) is 10.2. The molecule has 2 heterocycles. The lowest BCUT2D eigenvalue weighted by Gasteiger charge is -2.25. The number of carbonyl (C=O) groups is 3. The smallest absolute Gasteiger partial charge is 0.325 e. The van der Waals surface area contributed by atoms with Gasteiger partial charge in [0, 0.05) is 25.8 Å². The summed E-state index contributed by atoms with van der Waals surface area (Å²) in [6, 6.07) is 5.36. The summed E-state index contributed by atoms with van der Waals surface area (Å²) in [6.45, 7) is 0.616. The minimum Gasteiger partial charge on any atom is -0.325 e. The van der Waals surface area contributed by atoms with Crippen LogP contribution in [0, 0.1) is 0 Å². The molecule has 3 rings (SSSR count). The number of imide groups is 1. The standard InChI is InChI=1S/C17H22N4O5S/c1-19-12-16(23)21(17(19)24)11-15(22)18-13-5-7-14(8-6-13)27(25,26)20-9-3-2-4-10-20/h5-8H,2-4,9-12H2,1H3,(H,18,22). The minimum absolute atomic E-state index is 0.0465. The second kappa shape index (κ2) is 7.65. The number of piperidine rings is 1. The molecule has 9 nitrogen and oxygen atoms in total. The van der Waals surface area contributed by atoms with Crippen LogP contribution in [0.15, 0.2) is 29.2 Å². The second-order valence-electron chi connectivity index (χ2n) is 6.66. The van der Waals surface area contributed by atoms with Crippen LogP contribution in [0.3, 0.4) is 0 Å². The Hall–Kier alpha value is -2.46. The van der Waals surface area contributed by atoms with Crippen molar-refractivity contribution in [3.8, 4) is 0 Å². The van der Waals surface area contributed by atoms with E-state index in [0.717, 1.165) is 24.2 Å². The number of likely N-dealkylation sites (N-methyl/N-ethyl adjacent to an activating group) is 1. The Labute approximate surface area is 158 Å². The maximum Gasteiger partial charge on any atom is 0.327 e. The number of carbonyl (C=O) groups excluding carboxylic acids is 3. The minimum atomic E-state index is -3.53. The van der Waals surface area contributed by atoms with Gasteiger partial charge in [0.25, 0.3) is 5.91 Å². The van der Waals surface area contributed by atoms with E-state index >= 15 is 0 Å². The van der Waals surface area contributed by atoms with Crippen LogP contribution in [0.5, 0.6) is 0 Å². The van der Waals surface area contributed by atoms with E-state index in [2.05, 4.69) is 5.32 Å². The third kappa shape index (κ3) is 4.11. The third-order valence-electron chi connectivity index (χ3n) is 4.62. The fraction of sp³-hybridized carbons (Fsp3) is 0.471. The molecule has 146 valence electrons. The summed E-state index contributed by atoms with van der Waals surface area (Å²) >= 11 is 0. The molecule has 0 spiro atoms. The predicted octanol–water partition coefficient (Wildman–Crippen LogP) is 0.694. The van der Waals surface area contributed by atoms with Crippen molar-refractivity contribution in [3.63, 3.8) is 0 Å². The molecule has 0 aliphatic carbocycles. The van der Waals surface area contributed by atoms with Gasteiger partial charge in [0.05, 0.1) is 4.90 Å². The number of hydrogen-bond acceptors (Lipinski definition) is 5. The zero-order valence-corrected chi connectivity index (χ0v) is 15.9. The highest BCUT2D eigenvalue weighted by atomic mass is 32.2. The predicted molar refractivity (Wildman–Crippen MR) is 97.4 cm³/mol. The van der Waals surface area contributed by atoms with Crippen molar-refractivity contribution in [1.82, 2.24) is 14.1 Å². The van der Waals surface area contributed by atoms with Crippen molar-refractivity contribution in [3.05, 3.63) is 24.3 Å². The average molecular weight is 394 g/mol. The molecule has 2 aliphatic rings. The zero-order chi connectivity index (χ0) is 19.6. The van der Waals surface area contributed by atoms with Crippen LogP contribution in [0.4, 0.5) is 10.5 Å². The van der Waals surface area contributed by atoms with Gasteiger partial charge in [-0.25, -0.2) is 13.2 Å². The number of benzene rings is 1. The number of hydrogen-bond donors (Lipinski definition) is 1. The van der Waals surface area contributed by atoms with E-state index < -0.39 is 27.9 Å². The molecule has 0 unspecified atom stereocenters. The Morgan fingerprint density at radius 3 is 2.26 bits per heavy atom. The molecule has 4 amide bonds. The highest BCUT2D eigenvalue weighted by Crippen LogP contribution is 2.22. The summed E-state index contributed by atoms with van der Waals surface area (Å²) in [5.74, 6) is -0.959. The number of urea groups is 1. The summed E-state index contributed by atoms with van der Waals surface area (Å²) in [5, 5.41) is 2.57. The van der Waals surface area contributed by atoms with Gasteiger partial charge < -0.3 is 10.2 Å². The number of anilines is 1. The first kappa shape index (κ1) is 19.3. The molecule has 0 aromatic heterocycles. The summed E-state index contributed by atoms with van der Waals surface area (Å²) in [4.78, 5) is 37.9. The molecule has 1 N–H and O–H groups in total. The first-order valence-electron chi connectivity index (χ1n) is 8.74. The van der Waals surface area contributed by atoms with Gasteiger partial charge in [-0.3, -0.25) is 14.5 Å². The Bertz CT molecular complexity index is 847. The van der Waals surface area contributed by atoms with Gasteiger partial charge in [-0.1, -0.05) is 6.42 Å². The van der Waals surface area contributed by atoms with E-state index in [4.69, 9.17) is 0 Å². The van der Waals surface area contributed by atoms with Gasteiger partial charge in [-0.05, 0) is 37.1 Å². The van der Waals surface area contributed by atoms with Crippen molar-refractivity contribution in [1.29, 1.82) is 0 Å². The zero-order valence-electron chi connectivity index (χ0n) is 15.1. The molecular formula is C17H22N4O5S. The van der Waals surface area contributed by atoms with E-state index in [1.54, 1.807) is 0 Å². The largest absolute Gasteiger partial charge is 0.327 e. The third-order valence-corrected chi connectivity index (χ3v) is 6.54. The van der Waals surface area contributed by atoms with E-state index in [0.29, 0.717) is 18.8 Å². The fourth-order valence-electron chi connectivity index (χ4n) is 3.13. The summed E-state index contributed by atoms with van der Waals surface area (Å²) < 4.78 is 26.7. The normalized spacial score (nSPS) is 18.9. The molecule has 0 saturated carbocycles. The lowest BCUT2D eigenvalue weighted by molar-refractivity contribution is -0.129. The maximum atomic E-state index is 12.6. The Balaban J connectivity index is 1.63. The molecule has 2 fully saturated rings. The van der Waals surface area contributed by atoms with Crippen molar-refractivity contribution in [2.24, 2.45) is 0 Å². The molecule has 0 bridgehead atoms. The molecule has 1 aromatic rings. The molecule has 0 atom stereocenters. The van der Waals surface area contributed by atoms with Crippen molar-refractivity contribution in [2.45, 2.75) is 24.2 Å². The highest BCUT2D eigenvalue weighted by molar-refractivity contribution is 7.89. The van der Waals surface area contributed by atoms with Crippen molar-refractivity contribution >= 4 is 33.6 Å². The van der Waals surface area contributed by atoms with Gasteiger partial charge in [0.1, 0.15) is 13.1 Å². The Morgan fingerprint density at radius 1 is 1.07 bits per heavy atom. The van der Waals surface area contributed by atoms with Crippen LogP contribution in [0.25, 0.3) is 0 Å². The lowest BCUT2D eigenvalue weighted by atomic mass is 10.2. The number of sulfonamides is 1. The number of amides is 4. The number of rotatable bonds is 5. The van der Waals surface area contributed by atoms with E-state index in [9.17, 15) is 22.8 Å². The van der Waals surface area contributed by atoms with Crippen LogP contribution < -0.4 is 5.32 Å². The van der Waals surface area contributed by atoms with Gasteiger partial charge in [0.15, 0.2) is 0 Å². The van der Waals surface area contributed by atoms with Gasteiger partial charge in [-0.2, -0.15) is 4.31 Å². The number of nitrogens with zero attached hydrogens (tertiary/aromatic N) is 3. The second-order valence-corrected chi connectivity index (χ2v) is 8.59. The van der Waals surface area contributed by atoms with Crippen molar-refractivity contribution < 1.29 is 22.8 Å². The number of nitrogens with one attached hydrogen (secondary N) is 1. The summed E-state index contributed by atoms with van der Waals surface area (Å²) in [7, 11) is -2.04. The SMILES string of the molecule is CN1CC(=O)N(CC(=O)Nc2ccc(S(=O)(=O)N3CCCCC3)cc2)C1=O. The Kier molecular flexibility index (Phi) is 5.47. The van der Waals surface area contributed by atoms with Gasteiger partial charge in [0.2, 0.25) is 15.9 Å². The summed E-state index contributed by atoms with van der Waals surface area (Å²) in [6.07, 6.45) is 2.75. The van der Waals surface area contributed by atoms with Crippen LogP contribution in [-0.2, 0) is 19.6 Å². The van der Waals surface area contributed by atoms with Crippen LogP contribution in [0.1, 0.15) is 19.3 Å². The molecule has 1 aromatic carbocycles. The van der Waals surface area contributed by atoms with Gasteiger partial charge >= 0.3 is 6.03 Å². The lowest BCUT2D eigenvalue weighted by Crippen LogP contribution is -2.38. The van der Waals surface area contributed by atoms with Gasteiger partial charge in [-0.15, -0.1) is 0 Å². The van der Waals surface area contributed by atoms with E-state index in [-0.39, 0.29) is 18.0 Å². The average Bonchev–Trinajstić information content (AvgIpc) is 2.89. The molecule has 2 saturated heterocycles. The molecule has 27 heavy (non-hydrogen) atoms. The van der Waals surface area contributed by atoms with Crippen LogP contribution in [0.2, 0.25) is 0 Å². The van der Waals surface area contributed by atoms with E-state index in [1.165, 1.54) is 40.5 Å². The van der Waals surface area contributed by atoms with Crippen molar-refractivity contribution in [2.75, 3.05) is 38.5 Å². The molecule has 0 radical (unpaired) electrons. The van der Waals surface area contributed by atoms with Crippen LogP contribution >= 0.6 is 0 Å². The quantitative estimate of drug-likeness (QED) is 0.740. The maximum absolute atomic E-state index is 12.6. The summed E-state index contributed by atoms with van der Waals surface area (Å²) in [5.41, 5.74) is 0.394. The fourth-order valence-corrected chi connectivity index (χ4v) is 4.65. The highest BCUT2D eigenvalue weighted by Gasteiger charge is 2.34. The molecular weight excluding hydrogens is 372 g/mol. The monoisotopic (exact) mass is 394 g/mol. The Morgan fingerprint density at radius 2 is 1.70 bits per heavy atom. The first-order chi connectivity index (χ1) is 12.8. The van der Waals surface area contributed by atoms with E-state index in [1.807, 2.05) is 0 Å².